The molecule has 0 fully saturated rings. The lowest BCUT2D eigenvalue weighted by molar-refractivity contribution is 0.626. The molecule has 1 rings (SSSR count). The van der Waals surface area contributed by atoms with Gasteiger partial charge in [0.1, 0.15) is 11.6 Å². The van der Waals surface area contributed by atoms with Crippen LogP contribution >= 0.6 is 0 Å². The summed E-state index contributed by atoms with van der Waals surface area (Å²) >= 11 is 0. The third kappa shape index (κ3) is 1.40. The van der Waals surface area contributed by atoms with Crippen LogP contribution < -0.4 is 5.73 Å². The quantitative estimate of drug-likeness (QED) is 0.679. The van der Waals surface area contributed by atoms with E-state index in [2.05, 4.69) is 17.1 Å². The number of hydrogen-bond donors (Lipinski definition) is 1. The van der Waals surface area contributed by atoms with Crippen molar-refractivity contribution in [2.24, 2.45) is 5.73 Å². The highest BCUT2D eigenvalue weighted by Gasteiger charge is 2.09. The van der Waals surface area contributed by atoms with Crippen LogP contribution in [0.4, 0.5) is 0 Å². The molecule has 0 aromatic carbocycles. The molecule has 0 saturated carbocycles. The number of hydrogen-bond acceptors (Lipinski definition) is 3. The van der Waals surface area contributed by atoms with E-state index in [0.717, 1.165) is 18.2 Å². The van der Waals surface area contributed by atoms with Crippen LogP contribution in [0.5, 0.6) is 0 Å². The summed E-state index contributed by atoms with van der Waals surface area (Å²) in [6.07, 6.45) is 0. The highest BCUT2D eigenvalue weighted by atomic mass is 15.3. The summed E-state index contributed by atoms with van der Waals surface area (Å²) in [5.41, 5.74) is 5.68. The molecule has 0 unspecified atom stereocenters. The van der Waals surface area contributed by atoms with E-state index in [1.165, 1.54) is 0 Å². The maximum absolute atomic E-state index is 5.68. The third-order valence-electron chi connectivity index (χ3n) is 1.69. The molecule has 1 atom stereocenters. The van der Waals surface area contributed by atoms with Gasteiger partial charge in [0.05, 0.1) is 6.04 Å². The summed E-state index contributed by atoms with van der Waals surface area (Å²) < 4.78 is 2.02. The molecule has 0 bridgehead atoms. The molecule has 4 heteroatoms. The SMILES string of the molecule is CCn1c(C)nnc1[C@H](C)N. The van der Waals surface area contributed by atoms with Gasteiger partial charge >= 0.3 is 0 Å². The van der Waals surface area contributed by atoms with Crippen molar-refractivity contribution in [3.05, 3.63) is 11.6 Å². The molecule has 4 nitrogen and oxygen atoms in total. The van der Waals surface area contributed by atoms with Crippen molar-refractivity contribution in [3.63, 3.8) is 0 Å². The fourth-order valence-electron chi connectivity index (χ4n) is 1.13. The number of aryl methyl sites for hydroxylation is 1. The van der Waals surface area contributed by atoms with Crippen LogP contribution in [0.3, 0.4) is 0 Å². The predicted molar refractivity (Wildman–Crippen MR) is 43.0 cm³/mol. The highest BCUT2D eigenvalue weighted by Crippen LogP contribution is 2.07. The Labute approximate surface area is 66.4 Å². The maximum atomic E-state index is 5.68. The lowest BCUT2D eigenvalue weighted by atomic mass is 10.3. The van der Waals surface area contributed by atoms with E-state index >= 15 is 0 Å². The maximum Gasteiger partial charge on any atom is 0.149 e. The lowest BCUT2D eigenvalue weighted by Gasteiger charge is -2.06. The summed E-state index contributed by atoms with van der Waals surface area (Å²) in [7, 11) is 0. The fraction of sp³-hybridized carbons (Fsp3) is 0.714. The zero-order valence-electron chi connectivity index (χ0n) is 7.20. The minimum atomic E-state index is -0.0313. The molecule has 1 heterocycles. The van der Waals surface area contributed by atoms with Gasteiger partial charge < -0.3 is 10.3 Å². The topological polar surface area (TPSA) is 56.7 Å². The van der Waals surface area contributed by atoms with Gasteiger partial charge in [-0.15, -0.1) is 10.2 Å². The van der Waals surface area contributed by atoms with Crippen molar-refractivity contribution in [1.82, 2.24) is 14.8 Å². The molecule has 1 aromatic rings. The van der Waals surface area contributed by atoms with Gasteiger partial charge in [0.25, 0.3) is 0 Å². The van der Waals surface area contributed by atoms with Crippen LogP contribution in [0.25, 0.3) is 0 Å². The van der Waals surface area contributed by atoms with Gasteiger partial charge in [-0.3, -0.25) is 0 Å². The van der Waals surface area contributed by atoms with Crippen LogP contribution in [-0.4, -0.2) is 14.8 Å². The Morgan fingerprint density at radius 1 is 1.55 bits per heavy atom. The summed E-state index contributed by atoms with van der Waals surface area (Å²) in [6.45, 7) is 6.79. The second-order valence-corrected chi connectivity index (χ2v) is 2.64. The van der Waals surface area contributed by atoms with Gasteiger partial charge in [0.2, 0.25) is 0 Å². The van der Waals surface area contributed by atoms with Gasteiger partial charge in [0, 0.05) is 6.54 Å². The summed E-state index contributed by atoms with van der Waals surface area (Å²) in [6, 6.07) is -0.0313. The van der Waals surface area contributed by atoms with Crippen LogP contribution in [0.1, 0.15) is 31.5 Å². The normalized spacial score (nSPS) is 13.5. The van der Waals surface area contributed by atoms with E-state index in [1.54, 1.807) is 0 Å². The van der Waals surface area contributed by atoms with Crippen molar-refractivity contribution in [1.29, 1.82) is 0 Å². The van der Waals surface area contributed by atoms with Crippen LogP contribution in [0, 0.1) is 6.92 Å². The van der Waals surface area contributed by atoms with E-state index in [4.69, 9.17) is 5.73 Å². The molecular weight excluding hydrogens is 140 g/mol. The lowest BCUT2D eigenvalue weighted by Crippen LogP contribution is -2.13. The second kappa shape index (κ2) is 3.00. The smallest absolute Gasteiger partial charge is 0.149 e. The minimum absolute atomic E-state index is 0.0313. The number of nitrogens with zero attached hydrogens (tertiary/aromatic N) is 3. The molecule has 62 valence electrons. The number of rotatable bonds is 2. The molecule has 0 amide bonds. The third-order valence-corrected chi connectivity index (χ3v) is 1.69. The summed E-state index contributed by atoms with van der Waals surface area (Å²) in [5.74, 6) is 1.80. The van der Waals surface area contributed by atoms with Gasteiger partial charge in [-0.05, 0) is 20.8 Å². The Morgan fingerprint density at radius 2 is 2.18 bits per heavy atom. The second-order valence-electron chi connectivity index (χ2n) is 2.64. The average Bonchev–Trinajstić information content (AvgIpc) is 2.30. The molecular formula is C7H14N4. The largest absolute Gasteiger partial charge is 0.322 e. The first-order valence-electron chi connectivity index (χ1n) is 3.82. The van der Waals surface area contributed by atoms with Crippen molar-refractivity contribution in [3.8, 4) is 0 Å². The van der Waals surface area contributed by atoms with Crippen molar-refractivity contribution in [2.75, 3.05) is 0 Å². The molecule has 0 radical (unpaired) electrons. The first-order valence-corrected chi connectivity index (χ1v) is 3.82. The van der Waals surface area contributed by atoms with E-state index < -0.39 is 0 Å². The van der Waals surface area contributed by atoms with E-state index in [0.29, 0.717) is 0 Å². The van der Waals surface area contributed by atoms with Gasteiger partial charge in [-0.25, -0.2) is 0 Å². The van der Waals surface area contributed by atoms with Crippen LogP contribution in [0.2, 0.25) is 0 Å². The van der Waals surface area contributed by atoms with Gasteiger partial charge in [-0.1, -0.05) is 0 Å². The molecule has 0 aliphatic rings. The van der Waals surface area contributed by atoms with E-state index in [1.807, 2.05) is 18.4 Å². The summed E-state index contributed by atoms with van der Waals surface area (Å²) in [5, 5.41) is 7.92. The summed E-state index contributed by atoms with van der Waals surface area (Å²) in [4.78, 5) is 0. The molecule has 0 spiro atoms. The molecule has 1 aromatic heterocycles. The predicted octanol–water partition coefficient (Wildman–Crippen LogP) is 0.626. The molecule has 0 saturated heterocycles. The molecule has 0 aliphatic carbocycles. The first kappa shape index (κ1) is 8.20. The highest BCUT2D eigenvalue weighted by molar-refractivity contribution is 4.97. The zero-order valence-corrected chi connectivity index (χ0v) is 7.20. The number of nitrogens with two attached hydrogens (primary N) is 1. The van der Waals surface area contributed by atoms with Crippen molar-refractivity contribution >= 4 is 0 Å². The minimum Gasteiger partial charge on any atom is -0.322 e. The fourth-order valence-corrected chi connectivity index (χ4v) is 1.13. The van der Waals surface area contributed by atoms with Crippen LogP contribution in [0.15, 0.2) is 0 Å². The van der Waals surface area contributed by atoms with E-state index in [-0.39, 0.29) is 6.04 Å². The van der Waals surface area contributed by atoms with Gasteiger partial charge in [-0.2, -0.15) is 0 Å². The zero-order chi connectivity index (χ0) is 8.43. The monoisotopic (exact) mass is 154 g/mol. The Balaban J connectivity index is 3.05. The van der Waals surface area contributed by atoms with Crippen LogP contribution in [-0.2, 0) is 6.54 Å². The molecule has 0 aliphatic heterocycles. The Kier molecular flexibility index (Phi) is 2.24. The first-order chi connectivity index (χ1) is 5.16. The van der Waals surface area contributed by atoms with Crippen molar-refractivity contribution in [2.45, 2.75) is 33.4 Å². The average molecular weight is 154 g/mol. The Hall–Kier alpha value is -0.900. The Morgan fingerprint density at radius 3 is 2.55 bits per heavy atom. The number of aromatic nitrogens is 3. The van der Waals surface area contributed by atoms with Crippen molar-refractivity contribution < 1.29 is 0 Å². The van der Waals surface area contributed by atoms with E-state index in [9.17, 15) is 0 Å². The standard InChI is InChI=1S/C7H14N4/c1-4-11-6(3)9-10-7(11)5(2)8/h5H,4,8H2,1-3H3/t5-/m0/s1. The molecule has 11 heavy (non-hydrogen) atoms. The Bertz CT molecular complexity index is 239. The molecule has 2 N–H and O–H groups in total. The van der Waals surface area contributed by atoms with Gasteiger partial charge in [0.15, 0.2) is 0 Å².